The normalized spacial score (nSPS) is 17.4. The van der Waals surface area contributed by atoms with Gasteiger partial charge < -0.3 is 0 Å². The number of rotatable bonds is 3. The number of nitrogens with zero attached hydrogens (tertiary/aromatic N) is 1. The van der Waals surface area contributed by atoms with Crippen LogP contribution in [0.3, 0.4) is 0 Å². The molecule has 1 heterocycles. The molecule has 19 heavy (non-hydrogen) atoms. The van der Waals surface area contributed by atoms with E-state index in [2.05, 4.69) is 0 Å². The van der Waals surface area contributed by atoms with E-state index in [4.69, 9.17) is 0 Å². The monoisotopic (exact) mass is 268 g/mol. The summed E-state index contributed by atoms with van der Waals surface area (Å²) in [7, 11) is 0. The first-order chi connectivity index (χ1) is 8.97. The minimum absolute atomic E-state index is 0.0255. The van der Waals surface area contributed by atoms with Gasteiger partial charge in [-0.1, -0.05) is 12.1 Å². The highest BCUT2D eigenvalue weighted by Crippen LogP contribution is 2.20. The zero-order valence-corrected chi connectivity index (χ0v) is 9.73. The van der Waals surface area contributed by atoms with E-state index in [0.29, 0.717) is 4.90 Å². The van der Waals surface area contributed by atoms with Crippen molar-refractivity contribution in [1.29, 1.82) is 0 Å². The van der Waals surface area contributed by atoms with E-state index in [1.54, 1.807) is 0 Å². The summed E-state index contributed by atoms with van der Waals surface area (Å²) in [6.45, 7) is -0.554. The molecule has 1 aliphatic heterocycles. The summed E-state index contributed by atoms with van der Waals surface area (Å²) < 4.78 is 26.9. The largest absolute Gasteiger partial charge is 0.330 e. The number of imide groups is 2. The van der Waals surface area contributed by atoms with Crippen molar-refractivity contribution in [2.24, 2.45) is 0 Å². The molecule has 0 spiro atoms. The Labute approximate surface area is 107 Å². The van der Waals surface area contributed by atoms with Crippen LogP contribution in [0.5, 0.6) is 0 Å². The minimum Gasteiger partial charge on any atom is -0.277 e. The van der Waals surface area contributed by atoms with Crippen molar-refractivity contribution in [3.05, 3.63) is 35.6 Å². The second kappa shape index (κ2) is 5.13. The van der Waals surface area contributed by atoms with Gasteiger partial charge in [0, 0.05) is 0 Å². The van der Waals surface area contributed by atoms with E-state index in [1.165, 1.54) is 12.1 Å². The fourth-order valence-electron chi connectivity index (χ4n) is 1.73. The summed E-state index contributed by atoms with van der Waals surface area (Å²) in [6.07, 6.45) is -2.21. The van der Waals surface area contributed by atoms with Crippen molar-refractivity contribution in [1.82, 2.24) is 10.2 Å². The molecule has 1 aromatic carbocycles. The quantitative estimate of drug-likeness (QED) is 0.840. The third-order valence-corrected chi connectivity index (χ3v) is 2.66. The number of hydrogen-bond donors (Lipinski definition) is 1. The first-order valence-electron chi connectivity index (χ1n) is 5.51. The molecule has 1 N–H and O–H groups in total. The van der Waals surface area contributed by atoms with E-state index in [1.807, 2.05) is 5.32 Å². The number of benzene rings is 1. The molecule has 1 saturated heterocycles. The lowest BCUT2D eigenvalue weighted by Crippen LogP contribution is -2.53. The lowest BCUT2D eigenvalue weighted by molar-refractivity contribution is -0.136. The highest BCUT2D eigenvalue weighted by atomic mass is 19.1. The van der Waals surface area contributed by atoms with Gasteiger partial charge in [0.05, 0.1) is 6.54 Å². The molecule has 0 bridgehead atoms. The summed E-state index contributed by atoms with van der Waals surface area (Å²) in [5.41, 5.74) is 0.0255. The van der Waals surface area contributed by atoms with Crippen LogP contribution in [0.4, 0.5) is 13.6 Å². The molecular weight excluding hydrogens is 258 g/mol. The highest BCUT2D eigenvalue weighted by Gasteiger charge is 2.32. The SMILES string of the molecule is O=C1CC(=O)N(C[C@H](F)c2cccc(F)c2)C(=O)N1. The number of amides is 4. The van der Waals surface area contributed by atoms with Crippen LogP contribution in [0.1, 0.15) is 18.2 Å². The third kappa shape index (κ3) is 2.93. The zero-order chi connectivity index (χ0) is 14.0. The van der Waals surface area contributed by atoms with Crippen LogP contribution in [0.2, 0.25) is 0 Å². The lowest BCUT2D eigenvalue weighted by atomic mass is 10.1. The Hall–Kier alpha value is -2.31. The number of carbonyl (C=O) groups is 3. The fraction of sp³-hybridized carbons (Fsp3) is 0.250. The van der Waals surface area contributed by atoms with Crippen LogP contribution in [0, 0.1) is 5.82 Å². The maximum absolute atomic E-state index is 13.9. The predicted octanol–water partition coefficient (Wildman–Crippen LogP) is 1.30. The number of urea groups is 1. The number of halogens is 2. The standard InChI is InChI=1S/C12H10F2N2O3/c13-8-3-1-2-7(4-8)9(14)6-16-11(18)5-10(17)15-12(16)19/h1-4,9H,5-6H2,(H,15,17,19)/t9-/m0/s1. The Kier molecular flexibility index (Phi) is 3.55. The Morgan fingerprint density at radius 2 is 2.05 bits per heavy atom. The minimum atomic E-state index is -1.71. The molecule has 0 radical (unpaired) electrons. The Morgan fingerprint density at radius 1 is 1.32 bits per heavy atom. The summed E-state index contributed by atoms with van der Waals surface area (Å²) in [6, 6.07) is 3.88. The topological polar surface area (TPSA) is 66.5 Å². The van der Waals surface area contributed by atoms with Crippen molar-refractivity contribution in [3.8, 4) is 0 Å². The van der Waals surface area contributed by atoms with Crippen molar-refractivity contribution >= 4 is 17.8 Å². The van der Waals surface area contributed by atoms with E-state index in [-0.39, 0.29) is 5.56 Å². The van der Waals surface area contributed by atoms with Gasteiger partial charge >= 0.3 is 6.03 Å². The van der Waals surface area contributed by atoms with Crippen LogP contribution in [0.25, 0.3) is 0 Å². The fourth-order valence-corrected chi connectivity index (χ4v) is 1.73. The van der Waals surface area contributed by atoms with Gasteiger partial charge in [-0.2, -0.15) is 0 Å². The second-order valence-corrected chi connectivity index (χ2v) is 4.06. The van der Waals surface area contributed by atoms with Crippen molar-refractivity contribution < 1.29 is 23.2 Å². The van der Waals surface area contributed by atoms with Crippen LogP contribution < -0.4 is 5.32 Å². The molecule has 2 rings (SSSR count). The predicted molar refractivity (Wildman–Crippen MR) is 60.1 cm³/mol. The van der Waals surface area contributed by atoms with E-state index >= 15 is 0 Å². The molecule has 0 saturated carbocycles. The van der Waals surface area contributed by atoms with Crippen LogP contribution in [-0.2, 0) is 9.59 Å². The van der Waals surface area contributed by atoms with Crippen LogP contribution >= 0.6 is 0 Å². The molecule has 1 aliphatic rings. The van der Waals surface area contributed by atoms with Gasteiger partial charge in [-0.3, -0.25) is 19.8 Å². The summed E-state index contributed by atoms with van der Waals surface area (Å²) >= 11 is 0. The zero-order valence-electron chi connectivity index (χ0n) is 9.73. The number of barbiturate groups is 1. The molecule has 0 aliphatic carbocycles. The maximum Gasteiger partial charge on any atom is 0.330 e. The molecule has 1 aromatic rings. The average Bonchev–Trinajstić information content (AvgIpc) is 2.33. The van der Waals surface area contributed by atoms with E-state index < -0.39 is 42.8 Å². The number of alkyl halides is 1. The molecule has 1 fully saturated rings. The Bertz CT molecular complexity index is 528. The van der Waals surface area contributed by atoms with Gasteiger partial charge in [0.15, 0.2) is 0 Å². The third-order valence-electron chi connectivity index (χ3n) is 2.66. The molecule has 7 heteroatoms. The number of nitrogens with one attached hydrogen (secondary N) is 1. The smallest absolute Gasteiger partial charge is 0.277 e. The maximum atomic E-state index is 13.9. The van der Waals surface area contributed by atoms with Gasteiger partial charge in [0.25, 0.3) is 0 Å². The Morgan fingerprint density at radius 3 is 2.68 bits per heavy atom. The summed E-state index contributed by atoms with van der Waals surface area (Å²) in [5, 5.41) is 1.91. The van der Waals surface area contributed by atoms with Crippen molar-refractivity contribution in [3.63, 3.8) is 0 Å². The van der Waals surface area contributed by atoms with Crippen molar-refractivity contribution in [2.45, 2.75) is 12.6 Å². The Balaban J connectivity index is 2.10. The van der Waals surface area contributed by atoms with Gasteiger partial charge in [-0.25, -0.2) is 13.6 Å². The van der Waals surface area contributed by atoms with Gasteiger partial charge in [0.1, 0.15) is 18.4 Å². The average molecular weight is 268 g/mol. The van der Waals surface area contributed by atoms with Gasteiger partial charge in [0.2, 0.25) is 11.8 Å². The summed E-state index contributed by atoms with van der Waals surface area (Å²) in [5.74, 6) is -2.09. The molecular formula is C12H10F2N2O3. The van der Waals surface area contributed by atoms with E-state index in [0.717, 1.165) is 12.1 Å². The molecule has 0 aromatic heterocycles. The van der Waals surface area contributed by atoms with Crippen LogP contribution in [-0.4, -0.2) is 29.3 Å². The lowest BCUT2D eigenvalue weighted by Gasteiger charge is -2.26. The molecule has 1 atom stereocenters. The molecule has 4 amide bonds. The van der Waals surface area contributed by atoms with Gasteiger partial charge in [-0.15, -0.1) is 0 Å². The number of hydrogen-bond acceptors (Lipinski definition) is 3. The molecule has 100 valence electrons. The second-order valence-electron chi connectivity index (χ2n) is 4.06. The first kappa shape index (κ1) is 13.1. The summed E-state index contributed by atoms with van der Waals surface area (Å²) in [4.78, 5) is 34.3. The van der Waals surface area contributed by atoms with Crippen molar-refractivity contribution in [2.75, 3.05) is 6.54 Å². The van der Waals surface area contributed by atoms with Gasteiger partial charge in [-0.05, 0) is 17.7 Å². The number of carbonyl (C=O) groups excluding carboxylic acids is 3. The molecule has 5 nitrogen and oxygen atoms in total. The molecule has 0 unspecified atom stereocenters. The van der Waals surface area contributed by atoms with Crippen LogP contribution in [0.15, 0.2) is 24.3 Å². The highest BCUT2D eigenvalue weighted by molar-refractivity contribution is 6.14. The van der Waals surface area contributed by atoms with E-state index in [9.17, 15) is 23.2 Å². The first-order valence-corrected chi connectivity index (χ1v) is 5.51.